The summed E-state index contributed by atoms with van der Waals surface area (Å²) in [4.78, 5) is 4.13. The molecule has 0 radical (unpaired) electrons. The van der Waals surface area contributed by atoms with Gasteiger partial charge in [0, 0.05) is 25.2 Å². The molecular formula is C13H19BrFN3O. The number of anilines is 2. The first-order valence-electron chi connectivity index (χ1n) is 6.22. The molecule has 1 aromatic carbocycles. The van der Waals surface area contributed by atoms with Crippen molar-refractivity contribution in [3.8, 4) is 0 Å². The first kappa shape index (κ1) is 14.6. The van der Waals surface area contributed by atoms with E-state index in [0.29, 0.717) is 23.1 Å². The van der Waals surface area contributed by atoms with Crippen molar-refractivity contribution in [1.82, 2.24) is 4.90 Å². The molecule has 1 aliphatic rings. The molecule has 1 fully saturated rings. The van der Waals surface area contributed by atoms with E-state index in [4.69, 9.17) is 5.73 Å². The molecule has 106 valence electrons. The number of hydrogen-bond acceptors (Lipinski definition) is 4. The Morgan fingerprint density at radius 3 is 2.84 bits per heavy atom. The van der Waals surface area contributed by atoms with Crippen molar-refractivity contribution in [2.45, 2.75) is 18.6 Å². The Balaban J connectivity index is 2.31. The molecule has 0 aliphatic carbocycles. The van der Waals surface area contributed by atoms with Gasteiger partial charge in [-0.2, -0.15) is 0 Å². The average molecular weight is 332 g/mol. The number of halogens is 2. The van der Waals surface area contributed by atoms with Crippen LogP contribution in [-0.4, -0.2) is 49.3 Å². The van der Waals surface area contributed by atoms with Crippen molar-refractivity contribution in [2.24, 2.45) is 0 Å². The third kappa shape index (κ3) is 3.19. The molecule has 0 bridgehead atoms. The van der Waals surface area contributed by atoms with Gasteiger partial charge in [-0.15, -0.1) is 0 Å². The van der Waals surface area contributed by atoms with Crippen LogP contribution in [0.3, 0.4) is 0 Å². The Hall–Kier alpha value is -0.850. The second-order valence-corrected chi connectivity index (χ2v) is 6.14. The van der Waals surface area contributed by atoms with E-state index in [1.165, 1.54) is 6.07 Å². The predicted molar refractivity (Wildman–Crippen MR) is 78.8 cm³/mol. The van der Waals surface area contributed by atoms with Crippen LogP contribution >= 0.6 is 15.9 Å². The zero-order chi connectivity index (χ0) is 14.2. The number of benzene rings is 1. The van der Waals surface area contributed by atoms with E-state index in [1.807, 2.05) is 14.1 Å². The SMILES string of the molecule is CN(C)CC1CC(O)CN1c1cc(Br)c(F)cc1N. The normalized spacial score (nSPS) is 23.4. The molecule has 0 spiro atoms. The fourth-order valence-electron chi connectivity index (χ4n) is 2.58. The minimum atomic E-state index is -0.370. The van der Waals surface area contributed by atoms with Crippen molar-refractivity contribution in [3.63, 3.8) is 0 Å². The van der Waals surface area contributed by atoms with Crippen LogP contribution in [0.15, 0.2) is 16.6 Å². The van der Waals surface area contributed by atoms with Gasteiger partial charge < -0.3 is 20.6 Å². The Morgan fingerprint density at radius 2 is 2.21 bits per heavy atom. The van der Waals surface area contributed by atoms with Gasteiger partial charge in [0.1, 0.15) is 5.82 Å². The van der Waals surface area contributed by atoms with Gasteiger partial charge >= 0.3 is 0 Å². The maximum absolute atomic E-state index is 13.4. The molecule has 3 N–H and O–H groups in total. The Labute approximate surface area is 121 Å². The lowest BCUT2D eigenvalue weighted by Crippen LogP contribution is -2.38. The largest absolute Gasteiger partial charge is 0.397 e. The quantitative estimate of drug-likeness (QED) is 0.827. The van der Waals surface area contributed by atoms with Crippen molar-refractivity contribution in [3.05, 3.63) is 22.4 Å². The molecule has 2 unspecified atom stereocenters. The summed E-state index contributed by atoms with van der Waals surface area (Å²) >= 11 is 3.18. The lowest BCUT2D eigenvalue weighted by atomic mass is 10.1. The van der Waals surface area contributed by atoms with Crippen LogP contribution in [0.1, 0.15) is 6.42 Å². The maximum atomic E-state index is 13.4. The van der Waals surface area contributed by atoms with Crippen LogP contribution in [0.4, 0.5) is 15.8 Å². The second kappa shape index (κ2) is 5.64. The zero-order valence-electron chi connectivity index (χ0n) is 11.1. The number of aliphatic hydroxyl groups excluding tert-OH is 1. The van der Waals surface area contributed by atoms with Gasteiger partial charge in [-0.25, -0.2) is 4.39 Å². The van der Waals surface area contributed by atoms with Crippen LogP contribution in [-0.2, 0) is 0 Å². The van der Waals surface area contributed by atoms with Crippen molar-refractivity contribution in [2.75, 3.05) is 37.8 Å². The first-order valence-corrected chi connectivity index (χ1v) is 7.01. The lowest BCUT2D eigenvalue weighted by molar-refractivity contribution is 0.191. The molecule has 4 nitrogen and oxygen atoms in total. The first-order chi connectivity index (χ1) is 8.88. The van der Waals surface area contributed by atoms with Gasteiger partial charge in [0.05, 0.1) is 22.0 Å². The number of hydrogen-bond donors (Lipinski definition) is 2. The fraction of sp³-hybridized carbons (Fsp3) is 0.538. The van der Waals surface area contributed by atoms with Gasteiger partial charge in [0.25, 0.3) is 0 Å². The highest BCUT2D eigenvalue weighted by Crippen LogP contribution is 2.34. The van der Waals surface area contributed by atoms with Gasteiger partial charge in [-0.05, 0) is 42.5 Å². The van der Waals surface area contributed by atoms with Gasteiger partial charge in [-0.1, -0.05) is 0 Å². The number of likely N-dealkylation sites (N-methyl/N-ethyl adjacent to an activating group) is 1. The highest BCUT2D eigenvalue weighted by molar-refractivity contribution is 9.10. The highest BCUT2D eigenvalue weighted by atomic mass is 79.9. The summed E-state index contributed by atoms with van der Waals surface area (Å²) in [6, 6.07) is 3.19. The molecule has 2 rings (SSSR count). The molecule has 6 heteroatoms. The molecule has 1 aromatic rings. The number of β-amino-alcohol motifs (C(OH)–C–C–N with tert-alkyl or cyclic N) is 1. The summed E-state index contributed by atoms with van der Waals surface area (Å²) in [6.45, 7) is 1.35. The fourth-order valence-corrected chi connectivity index (χ4v) is 2.91. The molecule has 0 saturated carbocycles. The Morgan fingerprint density at radius 1 is 1.53 bits per heavy atom. The molecule has 2 atom stereocenters. The predicted octanol–water partition coefficient (Wildman–Crippen LogP) is 1.67. The van der Waals surface area contributed by atoms with E-state index in [-0.39, 0.29) is 18.0 Å². The molecule has 0 aromatic heterocycles. The maximum Gasteiger partial charge on any atom is 0.139 e. The highest BCUT2D eigenvalue weighted by Gasteiger charge is 2.32. The topological polar surface area (TPSA) is 52.7 Å². The summed E-state index contributed by atoms with van der Waals surface area (Å²) < 4.78 is 13.8. The zero-order valence-corrected chi connectivity index (χ0v) is 12.7. The monoisotopic (exact) mass is 331 g/mol. The van der Waals surface area contributed by atoms with E-state index in [9.17, 15) is 9.50 Å². The Bertz CT molecular complexity index is 469. The smallest absolute Gasteiger partial charge is 0.139 e. The van der Waals surface area contributed by atoms with Crippen LogP contribution in [0.2, 0.25) is 0 Å². The lowest BCUT2D eigenvalue weighted by Gasteiger charge is -2.29. The van der Waals surface area contributed by atoms with Gasteiger partial charge in [0.2, 0.25) is 0 Å². The molecule has 1 saturated heterocycles. The van der Waals surface area contributed by atoms with E-state index >= 15 is 0 Å². The van der Waals surface area contributed by atoms with Crippen LogP contribution in [0, 0.1) is 5.82 Å². The van der Waals surface area contributed by atoms with E-state index in [2.05, 4.69) is 25.7 Å². The summed E-state index contributed by atoms with van der Waals surface area (Å²) in [6.07, 6.45) is 0.334. The summed E-state index contributed by atoms with van der Waals surface area (Å²) in [7, 11) is 3.99. The van der Waals surface area contributed by atoms with Crippen LogP contribution in [0.5, 0.6) is 0 Å². The molecule has 1 heterocycles. The third-order valence-electron chi connectivity index (χ3n) is 3.35. The van der Waals surface area contributed by atoms with Crippen molar-refractivity contribution >= 4 is 27.3 Å². The standard InChI is InChI=1S/C13H19BrFN3O/c1-17(2)6-8-3-9(19)7-18(8)13-4-10(14)11(15)5-12(13)16/h4-5,8-9,19H,3,6-7,16H2,1-2H3. The molecular weight excluding hydrogens is 313 g/mol. The Kier molecular flexibility index (Phi) is 4.32. The molecule has 0 amide bonds. The number of nitrogens with two attached hydrogens (primary N) is 1. The minimum absolute atomic E-state index is 0.185. The summed E-state index contributed by atoms with van der Waals surface area (Å²) in [5, 5.41) is 9.87. The molecule has 1 aliphatic heterocycles. The number of rotatable bonds is 3. The summed E-state index contributed by atoms with van der Waals surface area (Å²) in [5.41, 5.74) is 7.09. The van der Waals surface area contributed by atoms with E-state index in [1.54, 1.807) is 6.07 Å². The molecule has 19 heavy (non-hydrogen) atoms. The van der Waals surface area contributed by atoms with E-state index in [0.717, 1.165) is 12.2 Å². The van der Waals surface area contributed by atoms with Gasteiger partial charge in [-0.3, -0.25) is 0 Å². The van der Waals surface area contributed by atoms with Gasteiger partial charge in [0.15, 0.2) is 0 Å². The van der Waals surface area contributed by atoms with Crippen molar-refractivity contribution in [1.29, 1.82) is 0 Å². The summed E-state index contributed by atoms with van der Waals surface area (Å²) in [5.74, 6) is -0.370. The average Bonchev–Trinajstić information content (AvgIpc) is 2.63. The number of nitrogen functional groups attached to an aromatic ring is 1. The van der Waals surface area contributed by atoms with E-state index < -0.39 is 0 Å². The minimum Gasteiger partial charge on any atom is -0.397 e. The number of aliphatic hydroxyl groups is 1. The second-order valence-electron chi connectivity index (χ2n) is 5.28. The van der Waals surface area contributed by atoms with Crippen molar-refractivity contribution < 1.29 is 9.50 Å². The van der Waals surface area contributed by atoms with Crippen LogP contribution in [0.25, 0.3) is 0 Å². The number of nitrogens with zero attached hydrogens (tertiary/aromatic N) is 2. The van der Waals surface area contributed by atoms with Crippen LogP contribution < -0.4 is 10.6 Å². The third-order valence-corrected chi connectivity index (χ3v) is 3.95.